The van der Waals surface area contributed by atoms with Gasteiger partial charge in [-0.05, 0) is 23.8 Å². The van der Waals surface area contributed by atoms with E-state index >= 15 is 0 Å². The molecule has 0 aliphatic rings. The monoisotopic (exact) mass is 329 g/mol. The van der Waals surface area contributed by atoms with Crippen LogP contribution in [-0.4, -0.2) is 23.3 Å². The standard InChI is InChI=1S/C17H16ClN3O2/c1-2-8-20-16(22)12-7-9-19-15(10-12)17(23)21-11-13-5-3-4-6-14(13)18/h2-7,9-10H,1,8,11H2,(H,20,22)(H,21,23). The van der Waals surface area contributed by atoms with Crippen LogP contribution in [0.5, 0.6) is 0 Å². The molecule has 2 rings (SSSR count). The Balaban J connectivity index is 2.03. The smallest absolute Gasteiger partial charge is 0.270 e. The van der Waals surface area contributed by atoms with E-state index in [0.717, 1.165) is 5.56 Å². The molecule has 0 bridgehead atoms. The van der Waals surface area contributed by atoms with Crippen molar-refractivity contribution < 1.29 is 9.59 Å². The topological polar surface area (TPSA) is 71.1 Å². The fourth-order valence-electron chi connectivity index (χ4n) is 1.87. The van der Waals surface area contributed by atoms with Gasteiger partial charge >= 0.3 is 0 Å². The van der Waals surface area contributed by atoms with Crippen LogP contribution >= 0.6 is 11.6 Å². The number of nitrogens with zero attached hydrogens (tertiary/aromatic N) is 1. The molecule has 0 fully saturated rings. The Bertz CT molecular complexity index is 731. The van der Waals surface area contributed by atoms with Gasteiger partial charge in [0.25, 0.3) is 11.8 Å². The normalized spacial score (nSPS) is 9.96. The first-order chi connectivity index (χ1) is 11.1. The van der Waals surface area contributed by atoms with Crippen molar-refractivity contribution >= 4 is 23.4 Å². The van der Waals surface area contributed by atoms with Gasteiger partial charge in [-0.2, -0.15) is 0 Å². The van der Waals surface area contributed by atoms with Crippen LogP contribution in [0.15, 0.2) is 55.3 Å². The molecule has 0 spiro atoms. The van der Waals surface area contributed by atoms with Gasteiger partial charge in [0.2, 0.25) is 0 Å². The van der Waals surface area contributed by atoms with Gasteiger partial charge in [0.15, 0.2) is 0 Å². The van der Waals surface area contributed by atoms with Crippen LogP contribution in [0.25, 0.3) is 0 Å². The minimum atomic E-state index is -0.372. The third-order valence-corrected chi connectivity index (χ3v) is 3.43. The van der Waals surface area contributed by atoms with E-state index in [1.54, 1.807) is 18.2 Å². The van der Waals surface area contributed by atoms with Gasteiger partial charge < -0.3 is 10.6 Å². The molecule has 5 nitrogen and oxygen atoms in total. The number of benzene rings is 1. The molecule has 6 heteroatoms. The summed E-state index contributed by atoms with van der Waals surface area (Å²) in [6, 6.07) is 10.2. The van der Waals surface area contributed by atoms with Gasteiger partial charge in [0, 0.05) is 29.9 Å². The second kappa shape index (κ2) is 8.10. The number of pyridine rings is 1. The van der Waals surface area contributed by atoms with Crippen molar-refractivity contribution in [2.45, 2.75) is 6.54 Å². The molecule has 1 aromatic heterocycles. The van der Waals surface area contributed by atoms with Crippen molar-refractivity contribution in [3.05, 3.63) is 77.1 Å². The fourth-order valence-corrected chi connectivity index (χ4v) is 2.07. The van der Waals surface area contributed by atoms with E-state index in [1.807, 2.05) is 18.2 Å². The molecular weight excluding hydrogens is 314 g/mol. The van der Waals surface area contributed by atoms with E-state index in [9.17, 15) is 9.59 Å². The molecule has 0 atom stereocenters. The summed E-state index contributed by atoms with van der Waals surface area (Å²) in [6.07, 6.45) is 3.00. The van der Waals surface area contributed by atoms with Crippen LogP contribution in [0.2, 0.25) is 5.02 Å². The lowest BCUT2D eigenvalue weighted by Crippen LogP contribution is -2.26. The zero-order valence-electron chi connectivity index (χ0n) is 12.4. The average Bonchev–Trinajstić information content (AvgIpc) is 2.58. The largest absolute Gasteiger partial charge is 0.349 e. The van der Waals surface area contributed by atoms with Crippen LogP contribution in [0.4, 0.5) is 0 Å². The summed E-state index contributed by atoms with van der Waals surface area (Å²) in [4.78, 5) is 28.0. The van der Waals surface area contributed by atoms with Gasteiger partial charge in [0.1, 0.15) is 5.69 Å². The molecule has 2 aromatic rings. The molecule has 1 heterocycles. The van der Waals surface area contributed by atoms with Crippen LogP contribution < -0.4 is 10.6 Å². The van der Waals surface area contributed by atoms with Crippen molar-refractivity contribution in [1.29, 1.82) is 0 Å². The fraction of sp³-hybridized carbons (Fsp3) is 0.118. The molecule has 23 heavy (non-hydrogen) atoms. The van der Waals surface area contributed by atoms with Crippen molar-refractivity contribution in [3.63, 3.8) is 0 Å². The molecule has 2 amide bonds. The number of aromatic nitrogens is 1. The van der Waals surface area contributed by atoms with E-state index in [-0.39, 0.29) is 24.1 Å². The number of hydrogen-bond donors (Lipinski definition) is 2. The Kier molecular flexibility index (Phi) is 5.88. The molecule has 0 aliphatic carbocycles. The highest BCUT2D eigenvalue weighted by molar-refractivity contribution is 6.31. The first kappa shape index (κ1) is 16.7. The lowest BCUT2D eigenvalue weighted by molar-refractivity contribution is 0.0946. The number of halogens is 1. The van der Waals surface area contributed by atoms with Crippen LogP contribution in [0.3, 0.4) is 0 Å². The van der Waals surface area contributed by atoms with Gasteiger partial charge in [-0.3, -0.25) is 14.6 Å². The molecular formula is C17H16ClN3O2. The van der Waals surface area contributed by atoms with Crippen LogP contribution in [0, 0.1) is 0 Å². The zero-order chi connectivity index (χ0) is 16.7. The van der Waals surface area contributed by atoms with E-state index in [2.05, 4.69) is 22.2 Å². The van der Waals surface area contributed by atoms with Gasteiger partial charge in [-0.1, -0.05) is 35.9 Å². The highest BCUT2D eigenvalue weighted by Crippen LogP contribution is 2.14. The quantitative estimate of drug-likeness (QED) is 0.800. The molecule has 0 radical (unpaired) electrons. The van der Waals surface area contributed by atoms with Crippen molar-refractivity contribution in [3.8, 4) is 0 Å². The summed E-state index contributed by atoms with van der Waals surface area (Å²) in [6.45, 7) is 4.17. The lowest BCUT2D eigenvalue weighted by atomic mass is 10.2. The van der Waals surface area contributed by atoms with Gasteiger partial charge in [-0.25, -0.2) is 0 Å². The van der Waals surface area contributed by atoms with E-state index < -0.39 is 0 Å². The number of hydrogen-bond acceptors (Lipinski definition) is 3. The zero-order valence-corrected chi connectivity index (χ0v) is 13.1. The maximum absolute atomic E-state index is 12.2. The summed E-state index contributed by atoms with van der Waals surface area (Å²) >= 11 is 6.04. The number of rotatable bonds is 6. The Morgan fingerprint density at radius 1 is 1.17 bits per heavy atom. The average molecular weight is 330 g/mol. The number of nitrogens with one attached hydrogen (secondary N) is 2. The highest BCUT2D eigenvalue weighted by Gasteiger charge is 2.11. The molecule has 0 aliphatic heterocycles. The van der Waals surface area contributed by atoms with E-state index in [4.69, 9.17) is 11.6 Å². The minimum absolute atomic E-state index is 0.170. The second-order valence-corrected chi connectivity index (χ2v) is 5.11. The number of carbonyl (C=O) groups is 2. The summed E-state index contributed by atoms with van der Waals surface area (Å²) in [7, 11) is 0. The summed E-state index contributed by atoms with van der Waals surface area (Å²) < 4.78 is 0. The third kappa shape index (κ3) is 4.66. The maximum Gasteiger partial charge on any atom is 0.270 e. The molecule has 0 saturated carbocycles. The molecule has 118 valence electrons. The van der Waals surface area contributed by atoms with E-state index in [1.165, 1.54) is 12.3 Å². The summed E-state index contributed by atoms with van der Waals surface area (Å²) in [5, 5.41) is 5.96. The highest BCUT2D eigenvalue weighted by atomic mass is 35.5. The van der Waals surface area contributed by atoms with E-state index in [0.29, 0.717) is 17.1 Å². The van der Waals surface area contributed by atoms with Crippen LogP contribution in [-0.2, 0) is 6.54 Å². The maximum atomic E-state index is 12.2. The van der Waals surface area contributed by atoms with Gasteiger partial charge in [-0.15, -0.1) is 6.58 Å². The van der Waals surface area contributed by atoms with Crippen molar-refractivity contribution in [2.75, 3.05) is 6.54 Å². The molecule has 1 aromatic carbocycles. The summed E-state index contributed by atoms with van der Waals surface area (Å²) in [5.74, 6) is -0.657. The molecule has 0 unspecified atom stereocenters. The first-order valence-corrected chi connectivity index (χ1v) is 7.36. The Hall–Kier alpha value is -2.66. The first-order valence-electron chi connectivity index (χ1n) is 6.98. The number of amides is 2. The lowest BCUT2D eigenvalue weighted by Gasteiger charge is -2.07. The summed E-state index contributed by atoms with van der Waals surface area (Å²) in [5.41, 5.74) is 1.34. The third-order valence-electron chi connectivity index (χ3n) is 3.06. The predicted octanol–water partition coefficient (Wildman–Crippen LogP) is 2.58. The Morgan fingerprint density at radius 3 is 2.70 bits per heavy atom. The second-order valence-electron chi connectivity index (χ2n) is 4.70. The minimum Gasteiger partial charge on any atom is -0.349 e. The Labute approximate surface area is 139 Å². The molecule has 0 saturated heterocycles. The predicted molar refractivity (Wildman–Crippen MR) is 89.4 cm³/mol. The molecule has 2 N–H and O–H groups in total. The van der Waals surface area contributed by atoms with Gasteiger partial charge in [0.05, 0.1) is 0 Å². The van der Waals surface area contributed by atoms with Crippen molar-refractivity contribution in [2.24, 2.45) is 0 Å². The SMILES string of the molecule is C=CCNC(=O)c1ccnc(C(=O)NCc2ccccc2Cl)c1. The van der Waals surface area contributed by atoms with Crippen molar-refractivity contribution in [1.82, 2.24) is 15.6 Å². The Morgan fingerprint density at radius 2 is 1.96 bits per heavy atom. The van der Waals surface area contributed by atoms with Crippen LogP contribution in [0.1, 0.15) is 26.4 Å². The number of carbonyl (C=O) groups excluding carboxylic acids is 2.